The molecule has 1 N–H and O–H groups in total. The summed E-state index contributed by atoms with van der Waals surface area (Å²) >= 11 is 0. The number of rotatable bonds is 5. The quantitative estimate of drug-likeness (QED) is 0.891. The van der Waals surface area contributed by atoms with Crippen molar-refractivity contribution in [2.45, 2.75) is 38.1 Å². The van der Waals surface area contributed by atoms with Crippen LogP contribution in [0, 0.1) is 17.7 Å². The second-order valence-corrected chi connectivity index (χ2v) is 7.10. The molecule has 1 aliphatic carbocycles. The first-order valence-electron chi connectivity index (χ1n) is 8.99. The molecule has 5 heteroatoms. The number of nitrogens with zero attached hydrogens (tertiary/aromatic N) is 1. The lowest BCUT2D eigenvalue weighted by Gasteiger charge is -2.29. The van der Waals surface area contributed by atoms with E-state index in [0.29, 0.717) is 23.9 Å². The Kier molecular flexibility index (Phi) is 5.72. The van der Waals surface area contributed by atoms with Gasteiger partial charge in [-0.15, -0.1) is 0 Å². The molecule has 1 heterocycles. The van der Waals surface area contributed by atoms with Gasteiger partial charge in [-0.25, -0.2) is 9.18 Å². The van der Waals surface area contributed by atoms with Crippen LogP contribution in [0.15, 0.2) is 24.3 Å². The van der Waals surface area contributed by atoms with Crippen molar-refractivity contribution >= 4 is 6.03 Å². The van der Waals surface area contributed by atoms with Crippen LogP contribution in [0.4, 0.5) is 9.18 Å². The SMILES string of the molecule is CN(C[C@H]1CCOC1)C(=O)N[C@@H](c1ccccc1F)C1CCCC1. The smallest absolute Gasteiger partial charge is 0.317 e. The van der Waals surface area contributed by atoms with E-state index in [-0.39, 0.29) is 17.9 Å². The van der Waals surface area contributed by atoms with E-state index in [1.165, 1.54) is 6.07 Å². The lowest BCUT2D eigenvalue weighted by molar-refractivity contribution is 0.168. The molecule has 0 aromatic heterocycles. The Labute approximate surface area is 143 Å². The summed E-state index contributed by atoms with van der Waals surface area (Å²) in [4.78, 5) is 14.3. The third-order valence-electron chi connectivity index (χ3n) is 5.29. The Morgan fingerprint density at radius 3 is 2.75 bits per heavy atom. The molecule has 1 saturated carbocycles. The first-order chi connectivity index (χ1) is 11.6. The van der Waals surface area contributed by atoms with Gasteiger partial charge >= 0.3 is 6.03 Å². The van der Waals surface area contributed by atoms with Crippen LogP contribution in [-0.2, 0) is 4.74 Å². The molecule has 1 aromatic rings. The van der Waals surface area contributed by atoms with E-state index in [2.05, 4.69) is 5.32 Å². The maximum Gasteiger partial charge on any atom is 0.317 e. The Morgan fingerprint density at radius 2 is 2.08 bits per heavy atom. The first-order valence-corrected chi connectivity index (χ1v) is 8.99. The molecule has 1 aromatic carbocycles. The van der Waals surface area contributed by atoms with Crippen molar-refractivity contribution in [1.82, 2.24) is 10.2 Å². The lowest BCUT2D eigenvalue weighted by atomic mass is 9.91. The summed E-state index contributed by atoms with van der Waals surface area (Å²) < 4.78 is 19.7. The summed E-state index contributed by atoms with van der Waals surface area (Å²) in [7, 11) is 1.81. The summed E-state index contributed by atoms with van der Waals surface area (Å²) in [6.45, 7) is 2.18. The highest BCUT2D eigenvalue weighted by atomic mass is 19.1. The molecule has 2 atom stereocenters. The van der Waals surface area contributed by atoms with E-state index in [1.54, 1.807) is 24.1 Å². The summed E-state index contributed by atoms with van der Waals surface area (Å²) in [5, 5.41) is 3.10. The second-order valence-electron chi connectivity index (χ2n) is 7.10. The number of halogens is 1. The minimum atomic E-state index is -0.247. The molecule has 3 rings (SSSR count). The Bertz CT molecular complexity index is 554. The monoisotopic (exact) mass is 334 g/mol. The van der Waals surface area contributed by atoms with E-state index < -0.39 is 0 Å². The molecule has 24 heavy (non-hydrogen) atoms. The van der Waals surface area contributed by atoms with E-state index in [0.717, 1.165) is 45.3 Å². The van der Waals surface area contributed by atoms with Crippen molar-refractivity contribution in [2.24, 2.45) is 11.8 Å². The molecule has 1 aliphatic heterocycles. The van der Waals surface area contributed by atoms with Crippen molar-refractivity contribution in [2.75, 3.05) is 26.8 Å². The zero-order valence-electron chi connectivity index (χ0n) is 14.3. The van der Waals surface area contributed by atoms with Crippen LogP contribution in [0.25, 0.3) is 0 Å². The van der Waals surface area contributed by atoms with Crippen LogP contribution >= 0.6 is 0 Å². The molecule has 4 nitrogen and oxygen atoms in total. The van der Waals surface area contributed by atoms with Gasteiger partial charge in [0.2, 0.25) is 0 Å². The number of amides is 2. The molecule has 0 radical (unpaired) electrons. The first kappa shape index (κ1) is 17.2. The van der Waals surface area contributed by atoms with Gasteiger partial charge in [-0.05, 0) is 31.2 Å². The van der Waals surface area contributed by atoms with E-state index in [1.807, 2.05) is 6.07 Å². The molecule has 132 valence electrons. The van der Waals surface area contributed by atoms with Crippen molar-refractivity contribution < 1.29 is 13.9 Å². The fraction of sp³-hybridized carbons (Fsp3) is 0.632. The Morgan fingerprint density at radius 1 is 1.33 bits per heavy atom. The number of nitrogens with one attached hydrogen (secondary N) is 1. The number of hydrogen-bond acceptors (Lipinski definition) is 2. The third kappa shape index (κ3) is 4.07. The standard InChI is InChI=1S/C19H27FN2O2/c1-22(12-14-10-11-24-13-14)19(23)21-18(15-6-2-3-7-15)16-8-4-5-9-17(16)20/h4-5,8-9,14-15,18H,2-3,6-7,10-13H2,1H3,(H,21,23)/t14-,18-/m1/s1. The molecule has 1 saturated heterocycles. The van der Waals surface area contributed by atoms with Gasteiger partial charge in [-0.3, -0.25) is 0 Å². The maximum atomic E-state index is 14.3. The van der Waals surface area contributed by atoms with E-state index >= 15 is 0 Å². The van der Waals surface area contributed by atoms with Crippen LogP contribution < -0.4 is 5.32 Å². The molecule has 2 fully saturated rings. The summed E-state index contributed by atoms with van der Waals surface area (Å²) in [5.41, 5.74) is 0.607. The Balaban J connectivity index is 1.69. The van der Waals surface area contributed by atoms with Gasteiger partial charge in [0.1, 0.15) is 5.82 Å². The number of carbonyl (C=O) groups is 1. The molecular weight excluding hydrogens is 307 g/mol. The van der Waals surface area contributed by atoms with Crippen LogP contribution in [-0.4, -0.2) is 37.7 Å². The van der Waals surface area contributed by atoms with Gasteiger partial charge in [0.25, 0.3) is 0 Å². The van der Waals surface area contributed by atoms with Crippen LogP contribution in [0.2, 0.25) is 0 Å². The van der Waals surface area contributed by atoms with Gasteiger partial charge in [0.15, 0.2) is 0 Å². The number of benzene rings is 1. The number of ether oxygens (including phenoxy) is 1. The Hall–Kier alpha value is -1.62. The van der Waals surface area contributed by atoms with Crippen LogP contribution in [0.1, 0.15) is 43.7 Å². The van der Waals surface area contributed by atoms with Gasteiger partial charge in [0.05, 0.1) is 12.6 Å². The molecular formula is C19H27FN2O2. The van der Waals surface area contributed by atoms with Crippen molar-refractivity contribution in [1.29, 1.82) is 0 Å². The third-order valence-corrected chi connectivity index (χ3v) is 5.29. The number of urea groups is 1. The summed E-state index contributed by atoms with van der Waals surface area (Å²) in [5.74, 6) is 0.481. The maximum absolute atomic E-state index is 14.3. The van der Waals surface area contributed by atoms with Crippen molar-refractivity contribution in [3.05, 3.63) is 35.6 Å². The predicted octanol–water partition coefficient (Wildman–Crippen LogP) is 3.73. The van der Waals surface area contributed by atoms with Crippen molar-refractivity contribution in [3.63, 3.8) is 0 Å². The van der Waals surface area contributed by atoms with Gasteiger partial charge in [0, 0.05) is 31.7 Å². The minimum absolute atomic E-state index is 0.123. The summed E-state index contributed by atoms with van der Waals surface area (Å²) in [6, 6.07) is 6.43. The van der Waals surface area contributed by atoms with Crippen molar-refractivity contribution in [3.8, 4) is 0 Å². The largest absolute Gasteiger partial charge is 0.381 e. The molecule has 0 spiro atoms. The van der Waals surface area contributed by atoms with Gasteiger partial charge in [-0.1, -0.05) is 31.0 Å². The van der Waals surface area contributed by atoms with E-state index in [9.17, 15) is 9.18 Å². The van der Waals surface area contributed by atoms with Crippen LogP contribution in [0.5, 0.6) is 0 Å². The minimum Gasteiger partial charge on any atom is -0.381 e. The highest BCUT2D eigenvalue weighted by Crippen LogP contribution is 2.36. The topological polar surface area (TPSA) is 41.6 Å². The number of hydrogen-bond donors (Lipinski definition) is 1. The summed E-state index contributed by atoms with van der Waals surface area (Å²) in [6.07, 6.45) is 5.39. The normalized spacial score (nSPS) is 22.5. The zero-order valence-corrected chi connectivity index (χ0v) is 14.3. The molecule has 0 bridgehead atoms. The average molecular weight is 334 g/mol. The zero-order chi connectivity index (χ0) is 16.9. The van der Waals surface area contributed by atoms with Gasteiger partial charge < -0.3 is 15.0 Å². The fourth-order valence-electron chi connectivity index (χ4n) is 3.91. The highest BCUT2D eigenvalue weighted by molar-refractivity contribution is 5.74. The van der Waals surface area contributed by atoms with E-state index in [4.69, 9.17) is 4.74 Å². The molecule has 2 aliphatic rings. The average Bonchev–Trinajstić information content (AvgIpc) is 3.26. The predicted molar refractivity (Wildman–Crippen MR) is 91.2 cm³/mol. The molecule has 2 amide bonds. The molecule has 0 unspecified atom stereocenters. The highest BCUT2D eigenvalue weighted by Gasteiger charge is 2.30. The lowest BCUT2D eigenvalue weighted by Crippen LogP contribution is -2.43. The van der Waals surface area contributed by atoms with Crippen LogP contribution in [0.3, 0.4) is 0 Å². The second kappa shape index (κ2) is 7.97. The number of carbonyl (C=O) groups excluding carboxylic acids is 1. The van der Waals surface area contributed by atoms with Gasteiger partial charge in [-0.2, -0.15) is 0 Å². The fourth-order valence-corrected chi connectivity index (χ4v) is 3.91.